The molecular formula is C14H22N2O8. The third-order valence-electron chi connectivity index (χ3n) is 4.02. The molecule has 2 aliphatic rings. The largest absolute Gasteiger partial charge is 0.480 e. The summed E-state index contributed by atoms with van der Waals surface area (Å²) in [6.07, 6.45) is -4.85. The van der Waals surface area contributed by atoms with Crippen LogP contribution in [0, 0.1) is 0 Å². The van der Waals surface area contributed by atoms with Crippen molar-refractivity contribution in [1.29, 1.82) is 0 Å². The molecule has 1 unspecified atom stereocenters. The van der Waals surface area contributed by atoms with E-state index in [1.807, 2.05) is 0 Å². The molecule has 24 heavy (non-hydrogen) atoms. The molecule has 2 rings (SSSR count). The van der Waals surface area contributed by atoms with Crippen LogP contribution >= 0.6 is 0 Å². The molecule has 7 atom stereocenters. The molecule has 5 N–H and O–H groups in total. The molecule has 2 aliphatic heterocycles. The lowest BCUT2D eigenvalue weighted by atomic mass is 9.97. The quantitative estimate of drug-likeness (QED) is 0.400. The lowest BCUT2D eigenvalue weighted by Crippen LogP contribution is -2.62. The van der Waals surface area contributed by atoms with Crippen molar-refractivity contribution in [2.45, 2.75) is 63.1 Å². The minimum Gasteiger partial charge on any atom is -0.480 e. The number of aliphatic hydroxyl groups is 1. The molecule has 0 radical (unpaired) electrons. The van der Waals surface area contributed by atoms with Crippen molar-refractivity contribution in [2.24, 2.45) is 5.73 Å². The normalized spacial score (nSPS) is 34.4. The van der Waals surface area contributed by atoms with Crippen molar-refractivity contribution in [3.8, 4) is 0 Å². The maximum absolute atomic E-state index is 12.0. The Morgan fingerprint density at radius 3 is 2.67 bits per heavy atom. The highest BCUT2D eigenvalue weighted by atomic mass is 16.7. The zero-order valence-electron chi connectivity index (χ0n) is 13.4. The predicted molar refractivity (Wildman–Crippen MR) is 77.8 cm³/mol. The van der Waals surface area contributed by atoms with Crippen LogP contribution in [-0.4, -0.2) is 77.3 Å². The molecule has 10 nitrogen and oxygen atoms in total. The number of aliphatic hydroxyl groups excluding tert-OH is 1. The van der Waals surface area contributed by atoms with Gasteiger partial charge in [0.05, 0.1) is 6.61 Å². The van der Waals surface area contributed by atoms with E-state index in [4.69, 9.17) is 25.1 Å². The maximum atomic E-state index is 12.0. The van der Waals surface area contributed by atoms with E-state index in [1.165, 1.54) is 13.8 Å². The second-order valence-electron chi connectivity index (χ2n) is 5.95. The van der Waals surface area contributed by atoms with Crippen molar-refractivity contribution in [3.63, 3.8) is 0 Å². The fraction of sp³-hybridized carbons (Fsp3) is 0.786. The number of amides is 1. The number of rotatable bonds is 7. The molecule has 2 heterocycles. The molecule has 2 fully saturated rings. The van der Waals surface area contributed by atoms with Crippen LogP contribution in [0.2, 0.25) is 0 Å². The minimum absolute atomic E-state index is 0.147. The first-order valence-electron chi connectivity index (χ1n) is 7.59. The number of hydrogen-bond donors (Lipinski definition) is 4. The van der Waals surface area contributed by atoms with Gasteiger partial charge in [0.15, 0.2) is 12.1 Å². The first-order valence-corrected chi connectivity index (χ1v) is 7.59. The van der Waals surface area contributed by atoms with Gasteiger partial charge in [-0.3, -0.25) is 14.4 Å². The molecule has 0 aromatic carbocycles. The second-order valence-corrected chi connectivity index (χ2v) is 5.95. The highest BCUT2D eigenvalue weighted by Gasteiger charge is 2.51. The second kappa shape index (κ2) is 7.53. The van der Waals surface area contributed by atoms with Gasteiger partial charge >= 0.3 is 5.97 Å². The number of carbonyl (C=O) groups excluding carboxylic acids is 2. The van der Waals surface area contributed by atoms with E-state index >= 15 is 0 Å². The van der Waals surface area contributed by atoms with E-state index in [1.54, 1.807) is 0 Å². The third-order valence-corrected chi connectivity index (χ3v) is 4.02. The van der Waals surface area contributed by atoms with E-state index in [2.05, 4.69) is 5.32 Å². The van der Waals surface area contributed by atoms with Gasteiger partial charge in [0.2, 0.25) is 5.91 Å². The summed E-state index contributed by atoms with van der Waals surface area (Å²) in [6.45, 7) is 2.88. The average molecular weight is 346 g/mol. The minimum atomic E-state index is -1.33. The molecule has 0 spiro atoms. The number of ether oxygens (including phenoxy) is 3. The number of fused-ring (bicyclic) bond motifs is 2. The lowest BCUT2D eigenvalue weighted by molar-refractivity contribution is -0.209. The number of ketones is 1. The van der Waals surface area contributed by atoms with Crippen LogP contribution in [0.4, 0.5) is 0 Å². The summed E-state index contributed by atoms with van der Waals surface area (Å²) < 4.78 is 16.4. The van der Waals surface area contributed by atoms with Crippen molar-refractivity contribution in [3.05, 3.63) is 0 Å². The van der Waals surface area contributed by atoms with Gasteiger partial charge in [0.1, 0.15) is 36.5 Å². The number of carbonyl (C=O) groups is 3. The number of carboxylic acids is 1. The Bertz CT molecular complexity index is 513. The zero-order chi connectivity index (χ0) is 18.0. The summed E-state index contributed by atoms with van der Waals surface area (Å²) in [6, 6.07) is -2.12. The Hall–Kier alpha value is -1.59. The Labute approximate surface area is 138 Å². The summed E-state index contributed by atoms with van der Waals surface area (Å²) in [5.74, 6) is -2.17. The number of carboxylic acid groups (broad SMARTS) is 1. The van der Waals surface area contributed by atoms with Gasteiger partial charge in [-0.15, -0.1) is 0 Å². The highest BCUT2D eigenvalue weighted by Crippen LogP contribution is 2.30. The summed E-state index contributed by atoms with van der Waals surface area (Å²) in [7, 11) is 0. The zero-order valence-corrected chi connectivity index (χ0v) is 13.4. The molecule has 0 saturated carbocycles. The summed E-state index contributed by atoms with van der Waals surface area (Å²) in [5, 5.41) is 21.7. The molecule has 0 aromatic heterocycles. The number of aliphatic carboxylic acids is 1. The van der Waals surface area contributed by atoms with Gasteiger partial charge in [-0.2, -0.15) is 0 Å². The highest BCUT2D eigenvalue weighted by molar-refractivity contribution is 5.88. The molecule has 2 bridgehead atoms. The van der Waals surface area contributed by atoms with Crippen LogP contribution in [0.5, 0.6) is 0 Å². The number of nitrogens with two attached hydrogens (primary N) is 1. The Morgan fingerprint density at radius 2 is 2.08 bits per heavy atom. The first kappa shape index (κ1) is 18.7. The van der Waals surface area contributed by atoms with E-state index in [-0.39, 0.29) is 12.5 Å². The summed E-state index contributed by atoms with van der Waals surface area (Å²) in [5.41, 5.74) is 5.34. The molecular weight excluding hydrogens is 324 g/mol. The van der Waals surface area contributed by atoms with Crippen molar-refractivity contribution < 1.29 is 38.8 Å². The van der Waals surface area contributed by atoms with Gasteiger partial charge < -0.3 is 35.5 Å². The van der Waals surface area contributed by atoms with Crippen LogP contribution in [0.25, 0.3) is 0 Å². The molecule has 1 amide bonds. The topological polar surface area (TPSA) is 157 Å². The van der Waals surface area contributed by atoms with E-state index < -0.39 is 61.0 Å². The molecule has 0 aromatic rings. The maximum Gasteiger partial charge on any atom is 0.320 e. The van der Waals surface area contributed by atoms with Crippen LogP contribution in [0.3, 0.4) is 0 Å². The SMILES string of the molecule is CC(=O)N[C@H]1[C@@H]2OC[C@@H](O2)[C@@H](O)[C@@H]1OC(C)C(=O)C[C@H](N)C(=O)O. The summed E-state index contributed by atoms with van der Waals surface area (Å²) >= 11 is 0. The lowest BCUT2D eigenvalue weighted by Gasteiger charge is -2.39. The van der Waals surface area contributed by atoms with Gasteiger partial charge in [0.25, 0.3) is 0 Å². The Kier molecular flexibility index (Phi) is 5.88. The Morgan fingerprint density at radius 1 is 1.42 bits per heavy atom. The van der Waals surface area contributed by atoms with Crippen molar-refractivity contribution >= 4 is 17.7 Å². The van der Waals surface area contributed by atoms with Crippen LogP contribution in [0.15, 0.2) is 0 Å². The van der Waals surface area contributed by atoms with Gasteiger partial charge in [0, 0.05) is 13.3 Å². The number of Topliss-reactive ketones (excluding diaryl/α,β-unsaturated/α-hetero) is 1. The average Bonchev–Trinajstić information content (AvgIpc) is 2.94. The molecule has 2 saturated heterocycles. The van der Waals surface area contributed by atoms with Crippen LogP contribution < -0.4 is 11.1 Å². The first-order chi connectivity index (χ1) is 11.2. The number of nitrogens with one attached hydrogen (secondary N) is 1. The van der Waals surface area contributed by atoms with Gasteiger partial charge in [-0.1, -0.05) is 0 Å². The van der Waals surface area contributed by atoms with Crippen molar-refractivity contribution in [2.75, 3.05) is 6.61 Å². The molecule has 136 valence electrons. The van der Waals surface area contributed by atoms with Gasteiger partial charge in [-0.05, 0) is 6.92 Å². The predicted octanol–water partition coefficient (Wildman–Crippen LogP) is -2.25. The van der Waals surface area contributed by atoms with Crippen LogP contribution in [-0.2, 0) is 28.6 Å². The third kappa shape index (κ3) is 4.08. The fourth-order valence-corrected chi connectivity index (χ4v) is 2.72. The summed E-state index contributed by atoms with van der Waals surface area (Å²) in [4.78, 5) is 34.1. The van der Waals surface area contributed by atoms with E-state index in [0.29, 0.717) is 0 Å². The van der Waals surface area contributed by atoms with E-state index in [9.17, 15) is 19.5 Å². The molecule has 0 aliphatic carbocycles. The van der Waals surface area contributed by atoms with E-state index in [0.717, 1.165) is 0 Å². The van der Waals surface area contributed by atoms with Crippen molar-refractivity contribution in [1.82, 2.24) is 5.32 Å². The van der Waals surface area contributed by atoms with Gasteiger partial charge in [-0.25, -0.2) is 0 Å². The number of hydrogen-bond acceptors (Lipinski definition) is 8. The molecule has 10 heteroatoms. The smallest absolute Gasteiger partial charge is 0.320 e. The van der Waals surface area contributed by atoms with Crippen LogP contribution in [0.1, 0.15) is 20.3 Å². The standard InChI is InChI=1S/C14H22N2O8/c1-5(8(18)3-7(15)13(20)21)23-12-10(16-6(2)17)14-22-4-9(24-14)11(12)19/h5,7,9-12,14,19H,3-4,15H2,1-2H3,(H,16,17)(H,20,21)/t5?,7-,9+,10+,11+,12+,14+/m0/s1. The Balaban J connectivity index is 2.05. The fourth-order valence-electron chi connectivity index (χ4n) is 2.72. The monoisotopic (exact) mass is 346 g/mol.